The van der Waals surface area contributed by atoms with E-state index in [-0.39, 0.29) is 123 Å². The Morgan fingerprint density at radius 2 is 1.20 bits per heavy atom. The summed E-state index contributed by atoms with van der Waals surface area (Å²) in [5.74, 6) is 0. The van der Waals surface area contributed by atoms with Crippen molar-refractivity contribution in [2.45, 2.75) is 0 Å². The number of hydrogen-bond acceptors (Lipinski definition) is 0. The van der Waals surface area contributed by atoms with Crippen molar-refractivity contribution < 1.29 is 19.9 Å². The Kier molecular flexibility index (Phi) is 187. The van der Waals surface area contributed by atoms with Crippen LogP contribution in [0.2, 0.25) is 0 Å². The molecule has 0 spiro atoms. The van der Waals surface area contributed by atoms with Gasteiger partial charge in [0.2, 0.25) is 0 Å². The van der Waals surface area contributed by atoms with E-state index in [1.807, 2.05) is 0 Å². The molecule has 0 saturated heterocycles. The van der Waals surface area contributed by atoms with Crippen molar-refractivity contribution in [3.63, 3.8) is 0 Å². The minimum absolute atomic E-state index is 0. The van der Waals surface area contributed by atoms with E-state index >= 15 is 0 Å². The molecule has 5 heavy (non-hydrogen) atoms. The van der Waals surface area contributed by atoms with Crippen LogP contribution in [-0.4, -0.2) is 89.9 Å². The van der Waals surface area contributed by atoms with Gasteiger partial charge in [-0.1, -0.05) is 0 Å². The molecule has 0 aliphatic heterocycles. The monoisotopic (exact) mass is 441 g/mol. The molecule has 0 bridgehead atoms. The van der Waals surface area contributed by atoms with Crippen LogP contribution in [0.15, 0.2) is 0 Å². The van der Waals surface area contributed by atoms with Gasteiger partial charge in [-0.25, -0.2) is 0 Å². The molecule has 0 aromatic carbocycles. The molecule has 3 radical (unpaired) electrons. The Morgan fingerprint density at radius 3 is 1.20 bits per heavy atom. The zero-order chi connectivity index (χ0) is 0. The van der Waals surface area contributed by atoms with Gasteiger partial charge >= 0.3 is 89.9 Å². The number of hydrogen-bond donors (Lipinski definition) is 0. The van der Waals surface area contributed by atoms with Gasteiger partial charge in [-0.3, -0.25) is 0 Å². The van der Waals surface area contributed by atoms with Gasteiger partial charge in [0.05, 0.1) is 0 Å². The van der Waals surface area contributed by atoms with Gasteiger partial charge in [-0.05, 0) is 0 Å². The van der Waals surface area contributed by atoms with Gasteiger partial charge in [0, 0.05) is 17.1 Å². The Balaban J connectivity index is 0. The van der Waals surface area contributed by atoms with Crippen LogP contribution in [0.4, 0.5) is 0 Å². The first-order valence-electron chi connectivity index (χ1n) is 0. The van der Waals surface area contributed by atoms with Gasteiger partial charge in [0.15, 0.2) is 0 Å². The van der Waals surface area contributed by atoms with Crippen molar-refractivity contribution in [3.05, 3.63) is 0 Å². The van der Waals surface area contributed by atoms with Crippen molar-refractivity contribution in [2.75, 3.05) is 0 Å². The van der Waals surface area contributed by atoms with Gasteiger partial charge in [-0.15, -0.1) is 0 Å². The van der Waals surface area contributed by atoms with Crippen LogP contribution in [0, 0.1) is 0 Å². The van der Waals surface area contributed by atoms with Crippen LogP contribution in [0.3, 0.4) is 0 Å². The molecule has 5 heteroatoms. The molecule has 0 atom stereocenters. The van der Waals surface area contributed by atoms with E-state index < -0.39 is 0 Å². The van der Waals surface area contributed by atoms with E-state index in [2.05, 4.69) is 0 Å². The van der Waals surface area contributed by atoms with Crippen molar-refractivity contribution in [1.29, 1.82) is 0 Å². The summed E-state index contributed by atoms with van der Waals surface area (Å²) in [5, 5.41) is 0. The summed E-state index contributed by atoms with van der Waals surface area (Å²) in [6.07, 6.45) is 0. The molecule has 0 fully saturated rings. The maximum absolute atomic E-state index is 0. The third kappa shape index (κ3) is 18.2. The second kappa shape index (κ2) is 25.1. The molecule has 0 rings (SSSR count). The van der Waals surface area contributed by atoms with Crippen LogP contribution in [0.25, 0.3) is 0 Å². The zero-order valence-electron chi connectivity index (χ0n) is 4.72. The van der Waals surface area contributed by atoms with E-state index in [0.717, 1.165) is 0 Å². The van der Waals surface area contributed by atoms with E-state index in [9.17, 15) is 0 Å². The molecule has 0 N–H and O–H groups in total. The quantitative estimate of drug-likeness (QED) is 0.389. The van der Waals surface area contributed by atoms with E-state index in [0.29, 0.717) is 0 Å². The van der Waals surface area contributed by atoms with Crippen molar-refractivity contribution in [1.82, 2.24) is 0 Å². The molecule has 0 saturated carbocycles. The summed E-state index contributed by atoms with van der Waals surface area (Å²) in [4.78, 5) is 0. The topological polar surface area (TPSA) is 0 Å². The Morgan fingerprint density at radius 1 is 1.20 bits per heavy atom. The van der Waals surface area contributed by atoms with Crippen LogP contribution in [0.1, 0.15) is 2.85 Å². The minimum atomic E-state index is 0. The standard InChI is InChI=1S/Ba.Cu.H2S.H2Se.Sn.4H/h;;2*1H2;;;;;/q+2;;;;;;;2*-1. The average molecular weight is 439 g/mol. The van der Waals surface area contributed by atoms with Crippen molar-refractivity contribution in [2.24, 2.45) is 0 Å². The van der Waals surface area contributed by atoms with Crippen molar-refractivity contribution >= 4 is 103 Å². The summed E-state index contributed by atoms with van der Waals surface area (Å²) < 4.78 is 0. The van der Waals surface area contributed by atoms with Gasteiger partial charge < -0.3 is 2.85 Å². The first-order chi connectivity index (χ1) is 0. The van der Waals surface area contributed by atoms with Gasteiger partial charge in [0.1, 0.15) is 0 Å². The van der Waals surface area contributed by atoms with Crippen LogP contribution in [-0.2, 0) is 17.1 Å². The van der Waals surface area contributed by atoms with Crippen molar-refractivity contribution in [3.8, 4) is 0 Å². The van der Waals surface area contributed by atoms with Gasteiger partial charge in [-0.2, -0.15) is 13.5 Å². The van der Waals surface area contributed by atoms with Gasteiger partial charge in [0.25, 0.3) is 0 Å². The first kappa shape index (κ1) is 37.3. The fourth-order valence-corrected chi connectivity index (χ4v) is 0. The molecule has 0 heterocycles. The molecule has 37 valence electrons. The van der Waals surface area contributed by atoms with E-state index in [4.69, 9.17) is 0 Å². The summed E-state index contributed by atoms with van der Waals surface area (Å²) >= 11 is 0. The maximum atomic E-state index is 0. The molecular formula is H8BaCuSSeSn. The second-order valence-electron chi connectivity index (χ2n) is 0. The molecule has 0 aliphatic rings. The second-order valence-corrected chi connectivity index (χ2v) is 0. The van der Waals surface area contributed by atoms with Crippen LogP contribution >= 0.6 is 13.5 Å². The number of rotatable bonds is 0. The van der Waals surface area contributed by atoms with E-state index in [1.165, 1.54) is 0 Å². The molecule has 0 amide bonds. The third-order valence-corrected chi connectivity index (χ3v) is 0. The summed E-state index contributed by atoms with van der Waals surface area (Å²) in [5.41, 5.74) is 0. The normalized spacial score (nSPS) is 0. The molecule has 0 aliphatic carbocycles. The summed E-state index contributed by atoms with van der Waals surface area (Å²) in [6, 6.07) is 0. The Labute approximate surface area is 120 Å². The Bertz CT molecular complexity index is 17.7. The van der Waals surface area contributed by atoms with Crippen LogP contribution in [0.5, 0.6) is 0 Å². The summed E-state index contributed by atoms with van der Waals surface area (Å²) in [7, 11) is 0. The van der Waals surface area contributed by atoms with Crippen LogP contribution < -0.4 is 0 Å². The fraction of sp³-hybridized carbons (Fsp3) is 0. The molecule has 0 nitrogen and oxygen atoms in total. The van der Waals surface area contributed by atoms with E-state index in [1.54, 1.807) is 0 Å². The summed E-state index contributed by atoms with van der Waals surface area (Å²) in [6.45, 7) is 0. The molecule has 0 aromatic rings. The predicted octanol–water partition coefficient (Wildman–Crippen LogP) is -1.88. The molecular weight excluding hydrogens is 431 g/mol. The zero-order valence-corrected chi connectivity index (χ0v) is 15.2. The predicted molar refractivity (Wildman–Crippen MR) is 35.4 cm³/mol. The molecule has 0 unspecified atom stereocenters. The SMILES string of the molecule is S.[Ba+2].[Cu].[H-].[H-].[SeH2].[SnH2]. The molecule has 0 aromatic heterocycles. The third-order valence-electron chi connectivity index (χ3n) is 0. The first-order valence-corrected chi connectivity index (χ1v) is 0. The Hall–Kier alpha value is 3.76. The fourth-order valence-electron chi connectivity index (χ4n) is 0. The average Bonchev–Trinajstić information content (AvgIpc) is 0.